The molecule has 1 fully saturated rings. The lowest BCUT2D eigenvalue weighted by atomic mass is 9.92. The largest absolute Gasteiger partial charge is 0.381 e. The third kappa shape index (κ3) is 6.57. The molecular formula is C18H32IN3O3S2. The van der Waals surface area contributed by atoms with E-state index in [1.54, 1.807) is 11.3 Å². The Morgan fingerprint density at radius 1 is 1.33 bits per heavy atom. The van der Waals surface area contributed by atoms with Gasteiger partial charge in [0.15, 0.2) is 15.8 Å². The van der Waals surface area contributed by atoms with Crippen molar-refractivity contribution in [2.24, 2.45) is 4.99 Å². The molecule has 0 unspecified atom stereocenters. The zero-order chi connectivity index (χ0) is 19.3. The SMILES string of the molecule is CCNC(=NCC(C)(C)c1cccs1)NCC1(S(C)(=O)=O)CCOCC1.I. The zero-order valence-corrected chi connectivity index (χ0v) is 20.5. The number of halogens is 1. The van der Waals surface area contributed by atoms with E-state index >= 15 is 0 Å². The highest BCUT2D eigenvalue weighted by Gasteiger charge is 2.42. The normalized spacial score (nSPS) is 17.9. The van der Waals surface area contributed by atoms with Crippen LogP contribution in [0.15, 0.2) is 22.5 Å². The van der Waals surface area contributed by atoms with Gasteiger partial charge in [0.25, 0.3) is 0 Å². The molecule has 0 bridgehead atoms. The molecule has 0 radical (unpaired) electrons. The molecular weight excluding hydrogens is 497 g/mol. The summed E-state index contributed by atoms with van der Waals surface area (Å²) < 4.78 is 29.4. The second kappa shape index (κ2) is 10.4. The van der Waals surface area contributed by atoms with Crippen LogP contribution in [0.1, 0.15) is 38.5 Å². The third-order valence-corrected chi connectivity index (χ3v) is 8.30. The number of nitrogens with zero attached hydrogens (tertiary/aromatic N) is 1. The first-order valence-electron chi connectivity index (χ1n) is 9.04. The maximum absolute atomic E-state index is 12.4. The van der Waals surface area contributed by atoms with Crippen molar-refractivity contribution in [2.45, 2.75) is 43.8 Å². The quantitative estimate of drug-likeness (QED) is 0.323. The van der Waals surface area contributed by atoms with Gasteiger partial charge in [-0.15, -0.1) is 35.3 Å². The van der Waals surface area contributed by atoms with Gasteiger partial charge in [-0.05, 0) is 31.2 Å². The third-order valence-electron chi connectivity index (χ3n) is 4.93. The predicted octanol–water partition coefficient (Wildman–Crippen LogP) is 2.79. The van der Waals surface area contributed by atoms with E-state index in [9.17, 15) is 8.42 Å². The number of hydrogen-bond acceptors (Lipinski definition) is 5. The maximum atomic E-state index is 12.4. The van der Waals surface area contributed by atoms with Crippen molar-refractivity contribution in [3.05, 3.63) is 22.4 Å². The molecule has 1 aromatic rings. The van der Waals surface area contributed by atoms with Gasteiger partial charge in [0, 0.05) is 42.9 Å². The molecule has 0 aromatic carbocycles. The molecule has 2 N–H and O–H groups in total. The molecule has 0 spiro atoms. The van der Waals surface area contributed by atoms with Gasteiger partial charge < -0.3 is 15.4 Å². The van der Waals surface area contributed by atoms with Gasteiger partial charge in [0.05, 0.1) is 11.3 Å². The van der Waals surface area contributed by atoms with Crippen molar-refractivity contribution in [2.75, 3.05) is 39.1 Å². The van der Waals surface area contributed by atoms with Crippen molar-refractivity contribution in [3.8, 4) is 0 Å². The fourth-order valence-electron chi connectivity index (χ4n) is 3.03. The zero-order valence-electron chi connectivity index (χ0n) is 16.6. The summed E-state index contributed by atoms with van der Waals surface area (Å²) in [6.07, 6.45) is 2.35. The molecule has 0 saturated carbocycles. The molecule has 2 heterocycles. The molecule has 1 saturated heterocycles. The van der Waals surface area contributed by atoms with Gasteiger partial charge in [-0.1, -0.05) is 19.9 Å². The van der Waals surface area contributed by atoms with E-state index in [0.29, 0.717) is 45.1 Å². The van der Waals surface area contributed by atoms with Gasteiger partial charge in [-0.3, -0.25) is 4.99 Å². The second-order valence-electron chi connectivity index (χ2n) is 7.48. The Balaban J connectivity index is 0.00000364. The summed E-state index contributed by atoms with van der Waals surface area (Å²) in [6.45, 7) is 8.99. The van der Waals surface area contributed by atoms with Crippen LogP contribution in [0.25, 0.3) is 0 Å². The number of thiophene rings is 1. The molecule has 6 nitrogen and oxygen atoms in total. The van der Waals surface area contributed by atoms with Gasteiger partial charge in [0.2, 0.25) is 0 Å². The monoisotopic (exact) mass is 529 g/mol. The minimum absolute atomic E-state index is 0. The van der Waals surface area contributed by atoms with Crippen LogP contribution in [0.2, 0.25) is 0 Å². The highest BCUT2D eigenvalue weighted by molar-refractivity contribution is 14.0. The Morgan fingerprint density at radius 3 is 2.52 bits per heavy atom. The minimum atomic E-state index is -3.20. The van der Waals surface area contributed by atoms with Crippen molar-refractivity contribution in [1.82, 2.24) is 10.6 Å². The van der Waals surface area contributed by atoms with E-state index in [-0.39, 0.29) is 29.4 Å². The Labute approximate surface area is 184 Å². The number of aliphatic imine (C=N–C) groups is 1. The molecule has 0 atom stereocenters. The first-order chi connectivity index (χ1) is 12.2. The summed E-state index contributed by atoms with van der Waals surface area (Å²) in [4.78, 5) is 6.00. The number of hydrogen-bond donors (Lipinski definition) is 2. The van der Waals surface area contributed by atoms with Gasteiger partial charge in [-0.2, -0.15) is 0 Å². The van der Waals surface area contributed by atoms with Crippen molar-refractivity contribution in [1.29, 1.82) is 0 Å². The van der Waals surface area contributed by atoms with Crippen LogP contribution in [-0.4, -0.2) is 58.2 Å². The Morgan fingerprint density at radius 2 is 2.00 bits per heavy atom. The van der Waals surface area contributed by atoms with Crippen LogP contribution in [0, 0.1) is 0 Å². The van der Waals surface area contributed by atoms with Crippen LogP contribution in [-0.2, 0) is 20.0 Å². The Bertz CT molecular complexity index is 697. The fraction of sp³-hybridized carbons (Fsp3) is 0.722. The standard InChI is InChI=1S/C18H31N3O3S2.HI/c1-5-19-16(20-13-17(2,3)15-7-6-12-25-15)21-14-18(26(4,22)23)8-10-24-11-9-18;/h6-7,12H,5,8-11,13-14H2,1-4H3,(H2,19,20,21);1H. The first-order valence-corrected chi connectivity index (χ1v) is 11.8. The smallest absolute Gasteiger partial charge is 0.191 e. The molecule has 2 rings (SSSR count). The lowest BCUT2D eigenvalue weighted by Crippen LogP contribution is -2.53. The molecule has 0 amide bonds. The van der Waals surface area contributed by atoms with E-state index in [0.717, 1.165) is 6.54 Å². The maximum Gasteiger partial charge on any atom is 0.191 e. The molecule has 27 heavy (non-hydrogen) atoms. The van der Waals surface area contributed by atoms with Crippen LogP contribution >= 0.6 is 35.3 Å². The molecule has 1 aliphatic rings. The topological polar surface area (TPSA) is 79.8 Å². The summed E-state index contributed by atoms with van der Waals surface area (Å²) in [6, 6.07) is 4.18. The van der Waals surface area contributed by atoms with E-state index in [2.05, 4.69) is 42.0 Å². The van der Waals surface area contributed by atoms with Crippen LogP contribution in [0.4, 0.5) is 0 Å². The van der Waals surface area contributed by atoms with Crippen LogP contribution in [0.5, 0.6) is 0 Å². The number of guanidine groups is 1. The van der Waals surface area contributed by atoms with E-state index in [4.69, 9.17) is 9.73 Å². The lowest BCUT2D eigenvalue weighted by molar-refractivity contribution is 0.0756. The number of nitrogens with one attached hydrogen (secondary N) is 2. The van der Waals surface area contributed by atoms with Gasteiger partial charge in [-0.25, -0.2) is 8.42 Å². The van der Waals surface area contributed by atoms with Crippen molar-refractivity contribution in [3.63, 3.8) is 0 Å². The van der Waals surface area contributed by atoms with E-state index in [1.165, 1.54) is 11.1 Å². The highest BCUT2D eigenvalue weighted by atomic mass is 127. The summed E-state index contributed by atoms with van der Waals surface area (Å²) in [5.41, 5.74) is -0.0658. The fourth-order valence-corrected chi connectivity index (χ4v) is 5.11. The molecule has 9 heteroatoms. The second-order valence-corrected chi connectivity index (χ2v) is 10.8. The first kappa shape index (κ1) is 24.6. The molecule has 1 aliphatic heterocycles. The van der Waals surface area contributed by atoms with Crippen molar-refractivity contribution >= 4 is 51.1 Å². The van der Waals surface area contributed by atoms with Gasteiger partial charge >= 0.3 is 0 Å². The number of sulfone groups is 1. The average Bonchev–Trinajstić information content (AvgIpc) is 3.13. The minimum Gasteiger partial charge on any atom is -0.381 e. The number of rotatable bonds is 7. The Hall–Kier alpha value is -0.390. The lowest BCUT2D eigenvalue weighted by Gasteiger charge is -2.36. The van der Waals surface area contributed by atoms with E-state index < -0.39 is 14.6 Å². The van der Waals surface area contributed by atoms with Crippen LogP contribution in [0.3, 0.4) is 0 Å². The Kier molecular flexibility index (Phi) is 9.50. The van der Waals surface area contributed by atoms with E-state index in [1.807, 2.05) is 6.92 Å². The molecule has 0 aliphatic carbocycles. The van der Waals surface area contributed by atoms with Gasteiger partial charge in [0.1, 0.15) is 0 Å². The molecule has 156 valence electrons. The number of ether oxygens (including phenoxy) is 1. The van der Waals surface area contributed by atoms with Crippen LogP contribution < -0.4 is 10.6 Å². The highest BCUT2D eigenvalue weighted by Crippen LogP contribution is 2.29. The summed E-state index contributed by atoms with van der Waals surface area (Å²) in [5, 5.41) is 8.56. The molecule has 1 aromatic heterocycles. The van der Waals surface area contributed by atoms with Crippen molar-refractivity contribution < 1.29 is 13.2 Å². The summed E-state index contributed by atoms with van der Waals surface area (Å²) >= 11 is 1.73. The summed E-state index contributed by atoms with van der Waals surface area (Å²) in [7, 11) is -3.20. The average molecular weight is 530 g/mol. The predicted molar refractivity (Wildman–Crippen MR) is 124 cm³/mol. The summed E-state index contributed by atoms with van der Waals surface area (Å²) in [5.74, 6) is 0.659.